The van der Waals surface area contributed by atoms with Gasteiger partial charge in [-0.25, -0.2) is 0 Å². The molecule has 0 aromatic heterocycles. The van der Waals surface area contributed by atoms with E-state index in [1.54, 1.807) is 0 Å². The van der Waals surface area contributed by atoms with Crippen LogP contribution in [0.15, 0.2) is 30.3 Å². The molecule has 0 N–H and O–H groups in total. The molecule has 5 rings (SSSR count). The van der Waals surface area contributed by atoms with Crippen LogP contribution in [0.25, 0.3) is 0 Å². The average Bonchev–Trinajstić information content (AvgIpc) is 3.29. The van der Waals surface area contributed by atoms with Gasteiger partial charge in [0.25, 0.3) is 0 Å². The van der Waals surface area contributed by atoms with Crippen LogP contribution < -0.4 is 0 Å². The first-order valence-electron chi connectivity index (χ1n) is 9.51. The Labute approximate surface area is 139 Å². The topological polar surface area (TPSA) is 17.1 Å². The fourth-order valence-electron chi connectivity index (χ4n) is 7.02. The third-order valence-electron chi connectivity index (χ3n) is 7.91. The Balaban J connectivity index is 1.47. The van der Waals surface area contributed by atoms with Crippen LogP contribution in [0.1, 0.15) is 42.5 Å². The van der Waals surface area contributed by atoms with Crippen molar-refractivity contribution in [3.8, 4) is 0 Å². The second kappa shape index (κ2) is 4.69. The number of Topliss-reactive ketones (excluding diaryl/α,β-unsaturated/α-hetero) is 1. The third kappa shape index (κ3) is 1.88. The minimum Gasteiger partial charge on any atom is -0.323 e. The van der Waals surface area contributed by atoms with Crippen LogP contribution in [0.5, 0.6) is 0 Å². The van der Waals surface area contributed by atoms with Crippen molar-refractivity contribution in [3.05, 3.63) is 35.9 Å². The molecule has 2 heteroatoms. The molecule has 7 unspecified atom stereocenters. The predicted molar refractivity (Wildman–Crippen MR) is 91.0 cm³/mol. The van der Waals surface area contributed by atoms with Gasteiger partial charge in [-0.3, -0.25) is 4.79 Å². The van der Waals surface area contributed by atoms with Crippen LogP contribution in [0.2, 0.25) is 0 Å². The average molecular weight is 310 g/mol. The summed E-state index contributed by atoms with van der Waals surface area (Å²) in [5.74, 6) is 4.14. The SMILES string of the molecule is C[N+]1(C)C2CC3C(C(=O)c4ccccc4)CCCC3C1C1CC12. The van der Waals surface area contributed by atoms with E-state index in [-0.39, 0.29) is 0 Å². The molecule has 2 aliphatic heterocycles. The Kier molecular flexibility index (Phi) is 2.90. The number of fused-ring (bicyclic) bond motifs is 7. The monoisotopic (exact) mass is 310 g/mol. The lowest BCUT2D eigenvalue weighted by Gasteiger charge is -2.54. The lowest BCUT2D eigenvalue weighted by atomic mass is 9.62. The molecule has 1 aromatic rings. The van der Waals surface area contributed by atoms with Gasteiger partial charge in [-0.1, -0.05) is 36.8 Å². The number of ketones is 1. The van der Waals surface area contributed by atoms with E-state index in [2.05, 4.69) is 14.1 Å². The van der Waals surface area contributed by atoms with Crippen molar-refractivity contribution in [3.63, 3.8) is 0 Å². The number of hydrogen-bond donors (Lipinski definition) is 0. The van der Waals surface area contributed by atoms with Crippen molar-refractivity contribution in [2.45, 2.75) is 44.2 Å². The van der Waals surface area contributed by atoms with Crippen molar-refractivity contribution in [1.29, 1.82) is 0 Å². The maximum atomic E-state index is 13.1. The maximum absolute atomic E-state index is 13.1. The first-order chi connectivity index (χ1) is 11.1. The number of benzene rings is 1. The van der Waals surface area contributed by atoms with Gasteiger partial charge in [0.1, 0.15) is 0 Å². The molecule has 2 aliphatic carbocycles. The molecular weight excluding hydrogens is 282 g/mol. The van der Waals surface area contributed by atoms with E-state index in [0.717, 1.165) is 41.8 Å². The summed E-state index contributed by atoms with van der Waals surface area (Å²) in [5.41, 5.74) is 0.940. The summed E-state index contributed by atoms with van der Waals surface area (Å²) in [6.07, 6.45) is 6.53. The molecule has 23 heavy (non-hydrogen) atoms. The second-order valence-electron chi connectivity index (χ2n) is 9.08. The highest BCUT2D eigenvalue weighted by atomic mass is 16.1. The number of carbonyl (C=O) groups excluding carboxylic acids is 1. The normalized spacial score (nSPS) is 45.9. The fourth-order valence-corrected chi connectivity index (χ4v) is 7.02. The molecule has 0 radical (unpaired) electrons. The number of rotatable bonds is 2. The molecule has 2 heterocycles. The Bertz CT molecular complexity index is 637. The van der Waals surface area contributed by atoms with Gasteiger partial charge in [0, 0.05) is 35.7 Å². The van der Waals surface area contributed by atoms with Crippen molar-refractivity contribution in [2.24, 2.45) is 29.6 Å². The molecule has 4 fully saturated rings. The molecule has 4 aliphatic rings. The zero-order chi connectivity index (χ0) is 15.8. The zero-order valence-corrected chi connectivity index (χ0v) is 14.3. The van der Waals surface area contributed by atoms with E-state index < -0.39 is 0 Å². The summed E-state index contributed by atoms with van der Waals surface area (Å²) in [6.45, 7) is 0. The molecule has 0 spiro atoms. The number of hydrogen-bond acceptors (Lipinski definition) is 1. The van der Waals surface area contributed by atoms with E-state index in [1.807, 2.05) is 30.3 Å². The molecule has 7 atom stereocenters. The van der Waals surface area contributed by atoms with Crippen molar-refractivity contribution in [2.75, 3.05) is 14.1 Å². The van der Waals surface area contributed by atoms with Gasteiger partial charge >= 0.3 is 0 Å². The number of carbonyl (C=O) groups is 1. The number of piperidine rings is 2. The third-order valence-corrected chi connectivity index (χ3v) is 7.91. The van der Waals surface area contributed by atoms with Crippen molar-refractivity contribution >= 4 is 5.78 Å². The van der Waals surface area contributed by atoms with Crippen molar-refractivity contribution < 1.29 is 9.28 Å². The standard InChI is InChI=1S/C21H28NO/c1-22(2)19-12-16-14(20(22)18-11-17(18)19)9-6-10-15(16)21(23)13-7-4-3-5-8-13/h3-5,7-8,14-20H,6,9-12H2,1-2H3/q+1. The lowest BCUT2D eigenvalue weighted by molar-refractivity contribution is -0.942. The van der Waals surface area contributed by atoms with E-state index in [4.69, 9.17) is 0 Å². The van der Waals surface area contributed by atoms with Crippen LogP contribution >= 0.6 is 0 Å². The van der Waals surface area contributed by atoms with Crippen molar-refractivity contribution in [1.82, 2.24) is 0 Å². The Hall–Kier alpha value is -1.15. The summed E-state index contributed by atoms with van der Waals surface area (Å²) in [7, 11) is 4.95. The summed E-state index contributed by atoms with van der Waals surface area (Å²) >= 11 is 0. The first-order valence-corrected chi connectivity index (χ1v) is 9.51. The summed E-state index contributed by atoms with van der Waals surface area (Å²) < 4.78 is 1.25. The molecule has 2 nitrogen and oxygen atoms in total. The van der Waals surface area contributed by atoms with Crippen LogP contribution in [-0.2, 0) is 0 Å². The zero-order valence-electron chi connectivity index (χ0n) is 14.3. The molecule has 122 valence electrons. The van der Waals surface area contributed by atoms with E-state index >= 15 is 0 Å². The Morgan fingerprint density at radius 3 is 2.52 bits per heavy atom. The molecule has 2 saturated carbocycles. The van der Waals surface area contributed by atoms with Gasteiger partial charge in [0.05, 0.1) is 26.2 Å². The first kappa shape index (κ1) is 14.2. The number of quaternary nitrogens is 1. The molecular formula is C21H28NO+. The highest BCUT2D eigenvalue weighted by molar-refractivity contribution is 5.98. The lowest BCUT2D eigenvalue weighted by Crippen LogP contribution is -2.63. The van der Waals surface area contributed by atoms with Crippen LogP contribution in [0.4, 0.5) is 0 Å². The summed E-state index contributed by atoms with van der Waals surface area (Å²) in [4.78, 5) is 13.1. The van der Waals surface area contributed by atoms with Gasteiger partial charge < -0.3 is 4.48 Å². The van der Waals surface area contributed by atoms with Gasteiger partial charge in [-0.05, 0) is 25.2 Å². The Morgan fingerprint density at radius 2 is 1.74 bits per heavy atom. The highest BCUT2D eigenvalue weighted by Crippen LogP contribution is 2.65. The molecule has 1 aromatic carbocycles. The van der Waals surface area contributed by atoms with Crippen LogP contribution in [0.3, 0.4) is 0 Å². The number of nitrogens with zero attached hydrogens (tertiary/aromatic N) is 1. The molecule has 2 bridgehead atoms. The Morgan fingerprint density at radius 1 is 0.957 bits per heavy atom. The summed E-state index contributed by atoms with van der Waals surface area (Å²) in [6, 6.07) is 11.7. The quantitative estimate of drug-likeness (QED) is 0.600. The molecule has 0 amide bonds. The van der Waals surface area contributed by atoms with Gasteiger partial charge in [0.2, 0.25) is 0 Å². The van der Waals surface area contributed by atoms with E-state index in [9.17, 15) is 4.79 Å². The summed E-state index contributed by atoms with van der Waals surface area (Å²) in [5, 5.41) is 0. The molecule has 2 saturated heterocycles. The maximum Gasteiger partial charge on any atom is 0.166 e. The van der Waals surface area contributed by atoms with Crippen LogP contribution in [-0.4, -0.2) is 36.4 Å². The highest BCUT2D eigenvalue weighted by Gasteiger charge is 2.71. The predicted octanol–water partition coefficient (Wildman–Crippen LogP) is 3.77. The largest absolute Gasteiger partial charge is 0.323 e. The van der Waals surface area contributed by atoms with E-state index in [0.29, 0.717) is 17.6 Å². The van der Waals surface area contributed by atoms with Crippen LogP contribution in [0, 0.1) is 29.6 Å². The van der Waals surface area contributed by atoms with Gasteiger partial charge in [-0.2, -0.15) is 0 Å². The van der Waals surface area contributed by atoms with Gasteiger partial charge in [-0.15, -0.1) is 0 Å². The minimum absolute atomic E-state index is 0.291. The smallest absolute Gasteiger partial charge is 0.166 e. The fraction of sp³-hybridized carbons (Fsp3) is 0.667. The van der Waals surface area contributed by atoms with E-state index in [1.165, 1.54) is 30.2 Å². The second-order valence-corrected chi connectivity index (χ2v) is 9.08. The van der Waals surface area contributed by atoms with Gasteiger partial charge in [0.15, 0.2) is 5.78 Å². The minimum atomic E-state index is 0.291.